The lowest BCUT2D eigenvalue weighted by Gasteiger charge is -2.54. The molecule has 4 heteroatoms. The van der Waals surface area contributed by atoms with Gasteiger partial charge >= 0.3 is 0 Å². The van der Waals surface area contributed by atoms with Gasteiger partial charge in [0, 0.05) is 44.3 Å². The van der Waals surface area contributed by atoms with Crippen molar-refractivity contribution in [1.29, 1.82) is 0 Å². The maximum absolute atomic E-state index is 12.2. The van der Waals surface area contributed by atoms with Gasteiger partial charge in [-0.3, -0.25) is 4.79 Å². The molecule has 3 aliphatic rings. The Morgan fingerprint density at radius 1 is 1.20 bits per heavy atom. The fourth-order valence-electron chi connectivity index (χ4n) is 3.00. The van der Waals surface area contributed by atoms with Crippen LogP contribution in [0.2, 0.25) is 0 Å². The predicted octanol–water partition coefficient (Wildman–Crippen LogP) is -0.0143. The second-order valence-corrected chi connectivity index (χ2v) is 4.83. The standard InChI is InChI=1S/C11H18N2O2/c14-11(8-1-3-15-4-2-8)13-9-5-10(13)7-12-6-9/h8-10,12H,1-7H2. The molecular formula is C11H18N2O2. The Bertz CT molecular complexity index is 249. The van der Waals surface area contributed by atoms with Gasteiger partial charge in [-0.05, 0) is 19.3 Å². The fourth-order valence-corrected chi connectivity index (χ4v) is 3.00. The maximum Gasteiger partial charge on any atom is 0.226 e. The second-order valence-electron chi connectivity index (χ2n) is 4.83. The van der Waals surface area contributed by atoms with Crippen LogP contribution in [0.25, 0.3) is 0 Å². The molecule has 0 spiro atoms. The molecular weight excluding hydrogens is 192 g/mol. The minimum Gasteiger partial charge on any atom is -0.381 e. The quantitative estimate of drug-likeness (QED) is 0.661. The van der Waals surface area contributed by atoms with Gasteiger partial charge in [0.25, 0.3) is 0 Å². The molecule has 0 aromatic heterocycles. The van der Waals surface area contributed by atoms with Gasteiger partial charge in [-0.1, -0.05) is 0 Å². The van der Waals surface area contributed by atoms with Crippen LogP contribution in [-0.2, 0) is 9.53 Å². The fraction of sp³-hybridized carbons (Fsp3) is 0.909. The van der Waals surface area contributed by atoms with E-state index in [4.69, 9.17) is 4.74 Å². The van der Waals surface area contributed by atoms with Gasteiger partial charge in [-0.25, -0.2) is 0 Å². The predicted molar refractivity (Wildman–Crippen MR) is 55.5 cm³/mol. The van der Waals surface area contributed by atoms with Crippen molar-refractivity contribution in [2.45, 2.75) is 31.3 Å². The average molecular weight is 210 g/mol. The molecule has 0 aliphatic carbocycles. The number of carbonyl (C=O) groups excluding carboxylic acids is 1. The number of amides is 1. The molecule has 2 atom stereocenters. The molecule has 0 aromatic carbocycles. The third kappa shape index (κ3) is 1.56. The van der Waals surface area contributed by atoms with E-state index < -0.39 is 0 Å². The van der Waals surface area contributed by atoms with Crippen molar-refractivity contribution >= 4 is 5.91 Å². The van der Waals surface area contributed by atoms with E-state index in [0.29, 0.717) is 18.0 Å². The molecule has 3 heterocycles. The van der Waals surface area contributed by atoms with Gasteiger partial charge in [0.2, 0.25) is 5.91 Å². The molecule has 2 unspecified atom stereocenters. The van der Waals surface area contributed by atoms with Gasteiger partial charge in [-0.15, -0.1) is 0 Å². The summed E-state index contributed by atoms with van der Waals surface area (Å²) in [5.74, 6) is 0.628. The van der Waals surface area contributed by atoms with Gasteiger partial charge in [0.1, 0.15) is 0 Å². The Labute approximate surface area is 90.0 Å². The van der Waals surface area contributed by atoms with E-state index in [2.05, 4.69) is 10.2 Å². The van der Waals surface area contributed by atoms with Crippen molar-refractivity contribution in [1.82, 2.24) is 10.2 Å². The smallest absolute Gasteiger partial charge is 0.226 e. The van der Waals surface area contributed by atoms with Crippen LogP contribution in [-0.4, -0.2) is 49.2 Å². The molecule has 0 aromatic rings. The molecule has 1 amide bonds. The first kappa shape index (κ1) is 9.60. The SMILES string of the molecule is O=C(C1CCOCC1)N1C2CNCC1C2. The molecule has 3 rings (SSSR count). The number of hydrogen-bond acceptors (Lipinski definition) is 3. The number of rotatable bonds is 1. The average Bonchev–Trinajstić information content (AvgIpc) is 2.31. The summed E-state index contributed by atoms with van der Waals surface area (Å²) >= 11 is 0. The molecule has 3 aliphatic heterocycles. The topological polar surface area (TPSA) is 41.6 Å². The van der Waals surface area contributed by atoms with Crippen LogP contribution in [0.15, 0.2) is 0 Å². The third-order valence-corrected chi connectivity index (χ3v) is 3.92. The summed E-state index contributed by atoms with van der Waals surface area (Å²) in [7, 11) is 0. The normalized spacial score (nSPS) is 36.1. The highest BCUT2D eigenvalue weighted by atomic mass is 16.5. The van der Waals surface area contributed by atoms with E-state index in [0.717, 1.165) is 39.1 Å². The van der Waals surface area contributed by atoms with Crippen LogP contribution in [0.1, 0.15) is 19.3 Å². The second kappa shape index (κ2) is 3.76. The first-order chi connectivity index (χ1) is 7.36. The zero-order valence-electron chi connectivity index (χ0n) is 8.95. The van der Waals surface area contributed by atoms with E-state index in [1.165, 1.54) is 6.42 Å². The van der Waals surface area contributed by atoms with E-state index in [1.807, 2.05) is 0 Å². The van der Waals surface area contributed by atoms with Crippen molar-refractivity contribution in [3.05, 3.63) is 0 Å². The summed E-state index contributed by atoms with van der Waals surface area (Å²) in [6.45, 7) is 3.51. The largest absolute Gasteiger partial charge is 0.381 e. The number of hydrogen-bond donors (Lipinski definition) is 1. The molecule has 1 N–H and O–H groups in total. The zero-order valence-corrected chi connectivity index (χ0v) is 8.95. The summed E-state index contributed by atoms with van der Waals surface area (Å²) in [5, 5.41) is 3.35. The first-order valence-corrected chi connectivity index (χ1v) is 5.97. The van der Waals surface area contributed by atoms with Crippen LogP contribution in [0, 0.1) is 5.92 Å². The van der Waals surface area contributed by atoms with Gasteiger partial charge in [0.15, 0.2) is 0 Å². The molecule has 15 heavy (non-hydrogen) atoms. The van der Waals surface area contributed by atoms with Crippen LogP contribution in [0.3, 0.4) is 0 Å². The van der Waals surface area contributed by atoms with Crippen molar-refractivity contribution in [3.8, 4) is 0 Å². The lowest BCUT2D eigenvalue weighted by atomic mass is 9.85. The number of piperidine rings is 1. The summed E-state index contributed by atoms with van der Waals surface area (Å²) in [6, 6.07) is 0.971. The number of fused-ring (bicyclic) bond motifs is 2. The Hall–Kier alpha value is -0.610. The van der Waals surface area contributed by atoms with Crippen LogP contribution < -0.4 is 5.32 Å². The Morgan fingerprint density at radius 3 is 2.47 bits per heavy atom. The minimum atomic E-state index is 0.238. The van der Waals surface area contributed by atoms with Crippen LogP contribution >= 0.6 is 0 Å². The van der Waals surface area contributed by atoms with E-state index in [1.54, 1.807) is 0 Å². The van der Waals surface area contributed by atoms with Crippen molar-refractivity contribution in [3.63, 3.8) is 0 Å². The lowest BCUT2D eigenvalue weighted by molar-refractivity contribution is -0.155. The number of piperazine rings is 1. The number of nitrogens with zero attached hydrogens (tertiary/aromatic N) is 1. The molecule has 3 saturated heterocycles. The van der Waals surface area contributed by atoms with E-state index in [-0.39, 0.29) is 5.92 Å². The molecule has 0 radical (unpaired) electrons. The van der Waals surface area contributed by atoms with Crippen LogP contribution in [0.5, 0.6) is 0 Å². The highest BCUT2D eigenvalue weighted by molar-refractivity contribution is 5.80. The minimum absolute atomic E-state index is 0.238. The molecule has 84 valence electrons. The molecule has 4 nitrogen and oxygen atoms in total. The number of carbonyl (C=O) groups is 1. The van der Waals surface area contributed by atoms with Crippen molar-refractivity contribution < 1.29 is 9.53 Å². The summed E-state index contributed by atoms with van der Waals surface area (Å²) in [6.07, 6.45) is 3.05. The monoisotopic (exact) mass is 210 g/mol. The lowest BCUT2D eigenvalue weighted by Crippen LogP contribution is -2.70. The third-order valence-electron chi connectivity index (χ3n) is 3.92. The Kier molecular flexibility index (Phi) is 2.41. The van der Waals surface area contributed by atoms with Crippen molar-refractivity contribution in [2.75, 3.05) is 26.3 Å². The highest BCUT2D eigenvalue weighted by Crippen LogP contribution is 2.31. The zero-order chi connectivity index (χ0) is 10.3. The molecule has 3 fully saturated rings. The summed E-state index contributed by atoms with van der Waals surface area (Å²) in [4.78, 5) is 14.4. The molecule has 2 bridgehead atoms. The Balaban J connectivity index is 1.64. The Morgan fingerprint density at radius 2 is 1.87 bits per heavy atom. The van der Waals surface area contributed by atoms with Gasteiger partial charge < -0.3 is 15.0 Å². The summed E-state index contributed by atoms with van der Waals surface area (Å²) in [5.41, 5.74) is 0. The van der Waals surface area contributed by atoms with Crippen LogP contribution in [0.4, 0.5) is 0 Å². The van der Waals surface area contributed by atoms with Gasteiger partial charge in [0.05, 0.1) is 0 Å². The summed E-state index contributed by atoms with van der Waals surface area (Å²) < 4.78 is 5.29. The number of ether oxygens (including phenoxy) is 1. The maximum atomic E-state index is 12.2. The first-order valence-electron chi connectivity index (χ1n) is 5.97. The van der Waals surface area contributed by atoms with E-state index in [9.17, 15) is 4.79 Å². The molecule has 0 saturated carbocycles. The van der Waals surface area contributed by atoms with Gasteiger partial charge in [-0.2, -0.15) is 0 Å². The number of nitrogens with one attached hydrogen (secondary N) is 1. The highest BCUT2D eigenvalue weighted by Gasteiger charge is 2.45. The van der Waals surface area contributed by atoms with Crippen molar-refractivity contribution in [2.24, 2.45) is 5.92 Å². The van der Waals surface area contributed by atoms with E-state index >= 15 is 0 Å².